The van der Waals surface area contributed by atoms with E-state index in [0.717, 1.165) is 36.4 Å². The number of anilines is 1. The maximum atomic E-state index is 11.9. The molecule has 0 aromatic carbocycles. The third-order valence-electron chi connectivity index (χ3n) is 4.55. The number of amides is 1. The molecule has 0 spiro atoms. The van der Waals surface area contributed by atoms with E-state index in [0.29, 0.717) is 5.92 Å². The Kier molecular flexibility index (Phi) is 4.15. The van der Waals surface area contributed by atoms with Gasteiger partial charge in [0.1, 0.15) is 24.2 Å². The lowest BCUT2D eigenvalue weighted by molar-refractivity contribution is -0.142. The molecule has 7 heteroatoms. The van der Waals surface area contributed by atoms with E-state index < -0.39 is 0 Å². The molecule has 0 aliphatic carbocycles. The molecule has 1 fully saturated rings. The molecule has 3 rings (SSSR count). The summed E-state index contributed by atoms with van der Waals surface area (Å²) < 4.78 is 0. The first-order chi connectivity index (χ1) is 11.1. The number of aromatic amines is 1. The van der Waals surface area contributed by atoms with Gasteiger partial charge in [-0.1, -0.05) is 6.92 Å². The van der Waals surface area contributed by atoms with Gasteiger partial charge < -0.3 is 14.8 Å². The number of H-pyrrole nitrogens is 1. The summed E-state index contributed by atoms with van der Waals surface area (Å²) in [6.45, 7) is 3.70. The van der Waals surface area contributed by atoms with Crippen molar-refractivity contribution in [1.29, 1.82) is 5.26 Å². The topological polar surface area (TPSA) is 88.9 Å². The standard InChI is InChI=1S/C16H20N6O/c1-11-9-22(14(23)3-6-17)13(11)5-8-21(2)16-12-4-7-18-15(12)19-10-20-16/h4,7,10-11,13H,3,5,8-9H2,1-2H3,(H,18,19,20)/t11-,13+/m0/s1. The number of nitrogens with one attached hydrogen (secondary N) is 1. The van der Waals surface area contributed by atoms with Crippen LogP contribution in [0, 0.1) is 17.2 Å². The zero-order chi connectivity index (χ0) is 16.4. The van der Waals surface area contributed by atoms with Crippen LogP contribution < -0.4 is 4.90 Å². The molecule has 0 unspecified atom stereocenters. The van der Waals surface area contributed by atoms with Crippen LogP contribution in [0.3, 0.4) is 0 Å². The SMILES string of the molecule is C[C@H]1CN(C(=O)CC#N)[C@@H]1CCN(C)c1ncnc2[nH]ccc12. The van der Waals surface area contributed by atoms with Crippen molar-refractivity contribution in [2.45, 2.75) is 25.8 Å². The first-order valence-corrected chi connectivity index (χ1v) is 7.77. The van der Waals surface area contributed by atoms with Crippen molar-refractivity contribution in [1.82, 2.24) is 19.9 Å². The second-order valence-corrected chi connectivity index (χ2v) is 6.07. The highest BCUT2D eigenvalue weighted by molar-refractivity contribution is 5.87. The Morgan fingerprint density at radius 2 is 2.39 bits per heavy atom. The van der Waals surface area contributed by atoms with Crippen LogP contribution in [0.15, 0.2) is 18.6 Å². The second-order valence-electron chi connectivity index (χ2n) is 6.07. The number of likely N-dealkylation sites (tertiary alicyclic amines) is 1. The Bertz CT molecular complexity index is 748. The minimum absolute atomic E-state index is 0.0328. The van der Waals surface area contributed by atoms with E-state index in [-0.39, 0.29) is 18.4 Å². The van der Waals surface area contributed by atoms with Crippen LogP contribution in [0.1, 0.15) is 19.8 Å². The summed E-state index contributed by atoms with van der Waals surface area (Å²) in [5.74, 6) is 1.30. The normalized spacial score (nSPS) is 20.1. The highest BCUT2D eigenvalue weighted by atomic mass is 16.2. The van der Waals surface area contributed by atoms with Gasteiger partial charge in [-0.05, 0) is 18.4 Å². The molecule has 120 valence electrons. The summed E-state index contributed by atoms with van der Waals surface area (Å²) in [5.41, 5.74) is 0.824. The first-order valence-electron chi connectivity index (χ1n) is 7.77. The van der Waals surface area contributed by atoms with E-state index in [1.54, 1.807) is 6.33 Å². The molecule has 0 radical (unpaired) electrons. The Morgan fingerprint density at radius 1 is 1.57 bits per heavy atom. The molecule has 2 atom stereocenters. The number of nitrogens with zero attached hydrogens (tertiary/aromatic N) is 5. The van der Waals surface area contributed by atoms with Crippen LogP contribution in [0.5, 0.6) is 0 Å². The smallest absolute Gasteiger partial charge is 0.237 e. The monoisotopic (exact) mass is 312 g/mol. The molecule has 2 aromatic rings. The fraction of sp³-hybridized carbons (Fsp3) is 0.500. The summed E-state index contributed by atoms with van der Waals surface area (Å²) in [6, 6.07) is 4.12. The Hall–Kier alpha value is -2.62. The molecule has 0 saturated carbocycles. The predicted molar refractivity (Wildman–Crippen MR) is 86.7 cm³/mol. The summed E-state index contributed by atoms with van der Waals surface area (Å²) in [6.07, 6.45) is 4.24. The van der Waals surface area contributed by atoms with E-state index in [2.05, 4.69) is 26.8 Å². The highest BCUT2D eigenvalue weighted by Gasteiger charge is 2.38. The van der Waals surface area contributed by atoms with Gasteiger partial charge in [-0.15, -0.1) is 0 Å². The predicted octanol–water partition coefficient (Wildman–Crippen LogP) is 1.54. The van der Waals surface area contributed by atoms with Gasteiger partial charge in [0.25, 0.3) is 0 Å². The largest absolute Gasteiger partial charge is 0.359 e. The number of fused-ring (bicyclic) bond motifs is 1. The lowest BCUT2D eigenvalue weighted by Crippen LogP contribution is -2.58. The summed E-state index contributed by atoms with van der Waals surface area (Å²) >= 11 is 0. The minimum atomic E-state index is -0.0617. The van der Waals surface area contributed by atoms with Crippen LogP contribution in [0.2, 0.25) is 0 Å². The number of carbonyl (C=O) groups is 1. The molecular weight excluding hydrogens is 292 g/mol. The molecule has 1 aliphatic heterocycles. The zero-order valence-electron chi connectivity index (χ0n) is 13.4. The van der Waals surface area contributed by atoms with Gasteiger partial charge in [-0.3, -0.25) is 4.79 Å². The summed E-state index contributed by atoms with van der Waals surface area (Å²) in [4.78, 5) is 27.5. The summed E-state index contributed by atoms with van der Waals surface area (Å²) in [5, 5.41) is 9.68. The van der Waals surface area contributed by atoms with E-state index in [1.807, 2.05) is 30.3 Å². The van der Waals surface area contributed by atoms with Gasteiger partial charge in [0.2, 0.25) is 5.91 Å². The van der Waals surface area contributed by atoms with Crippen LogP contribution >= 0.6 is 0 Å². The molecule has 1 amide bonds. The minimum Gasteiger partial charge on any atom is -0.359 e. The van der Waals surface area contributed by atoms with Crippen molar-refractivity contribution in [2.24, 2.45) is 5.92 Å². The first kappa shape index (κ1) is 15.3. The Balaban J connectivity index is 1.65. The van der Waals surface area contributed by atoms with Gasteiger partial charge in [0.15, 0.2) is 0 Å². The molecule has 0 bridgehead atoms. The van der Waals surface area contributed by atoms with Crippen LogP contribution in [-0.2, 0) is 4.79 Å². The third kappa shape index (κ3) is 2.84. The van der Waals surface area contributed by atoms with E-state index in [4.69, 9.17) is 5.26 Å². The molecule has 3 heterocycles. The Morgan fingerprint density at radius 3 is 3.13 bits per heavy atom. The molecule has 1 saturated heterocycles. The number of rotatable bonds is 5. The lowest BCUT2D eigenvalue weighted by Gasteiger charge is -2.47. The maximum Gasteiger partial charge on any atom is 0.237 e. The fourth-order valence-electron chi connectivity index (χ4n) is 3.23. The van der Waals surface area contributed by atoms with Crippen LogP contribution in [0.25, 0.3) is 11.0 Å². The average Bonchev–Trinajstić information content (AvgIpc) is 3.01. The molecule has 2 aromatic heterocycles. The lowest BCUT2D eigenvalue weighted by atomic mass is 9.87. The van der Waals surface area contributed by atoms with Gasteiger partial charge in [-0.2, -0.15) is 5.26 Å². The zero-order valence-corrected chi connectivity index (χ0v) is 13.4. The van der Waals surface area contributed by atoms with E-state index in [1.165, 1.54) is 0 Å². The molecule has 1 aliphatic rings. The maximum absolute atomic E-state index is 11.9. The van der Waals surface area contributed by atoms with Crippen molar-refractivity contribution >= 4 is 22.8 Å². The summed E-state index contributed by atoms with van der Waals surface area (Å²) in [7, 11) is 2.00. The second kappa shape index (κ2) is 6.24. The van der Waals surface area contributed by atoms with Crippen molar-refractivity contribution < 1.29 is 4.79 Å². The van der Waals surface area contributed by atoms with E-state index >= 15 is 0 Å². The van der Waals surface area contributed by atoms with Gasteiger partial charge >= 0.3 is 0 Å². The Labute approximate surface area is 134 Å². The third-order valence-corrected chi connectivity index (χ3v) is 4.55. The van der Waals surface area contributed by atoms with Crippen LogP contribution in [-0.4, -0.2) is 51.9 Å². The average molecular weight is 312 g/mol. The van der Waals surface area contributed by atoms with Crippen molar-refractivity contribution in [3.05, 3.63) is 18.6 Å². The molecule has 7 nitrogen and oxygen atoms in total. The van der Waals surface area contributed by atoms with Gasteiger partial charge in [0, 0.05) is 32.4 Å². The number of nitriles is 1. The van der Waals surface area contributed by atoms with Gasteiger partial charge in [0.05, 0.1) is 11.5 Å². The quantitative estimate of drug-likeness (QED) is 0.904. The number of hydrogen-bond acceptors (Lipinski definition) is 5. The van der Waals surface area contributed by atoms with Crippen molar-refractivity contribution in [3.63, 3.8) is 0 Å². The number of hydrogen-bond donors (Lipinski definition) is 1. The molecular formula is C16H20N6O. The van der Waals surface area contributed by atoms with Crippen LogP contribution in [0.4, 0.5) is 5.82 Å². The fourth-order valence-corrected chi connectivity index (χ4v) is 3.23. The number of aromatic nitrogens is 3. The van der Waals surface area contributed by atoms with Gasteiger partial charge in [-0.25, -0.2) is 9.97 Å². The van der Waals surface area contributed by atoms with E-state index in [9.17, 15) is 4.79 Å². The van der Waals surface area contributed by atoms with Crippen molar-refractivity contribution in [2.75, 3.05) is 25.0 Å². The van der Waals surface area contributed by atoms with Crippen molar-refractivity contribution in [3.8, 4) is 6.07 Å². The molecule has 23 heavy (non-hydrogen) atoms. The number of carbonyl (C=O) groups excluding carboxylic acids is 1. The molecule has 1 N–H and O–H groups in total. The highest BCUT2D eigenvalue weighted by Crippen LogP contribution is 2.29.